The number of aliphatic carboxylic acids is 1. The molecule has 0 bridgehead atoms. The lowest BCUT2D eigenvalue weighted by Crippen LogP contribution is -2.31. The van der Waals surface area contributed by atoms with E-state index in [0.29, 0.717) is 17.8 Å². The summed E-state index contributed by atoms with van der Waals surface area (Å²) in [6.07, 6.45) is 0.537. The number of primary amides is 1. The number of rotatable bonds is 5. The number of carbonyl (C=O) groups is 2. The van der Waals surface area contributed by atoms with Crippen molar-refractivity contribution in [2.45, 2.75) is 12.8 Å². The first kappa shape index (κ1) is 14.6. The Morgan fingerprint density at radius 2 is 1.52 bits per heavy atom. The van der Waals surface area contributed by atoms with E-state index in [-0.39, 0.29) is 6.42 Å². The highest BCUT2D eigenvalue weighted by Gasteiger charge is 2.14. The molecule has 0 aliphatic carbocycles. The van der Waals surface area contributed by atoms with Gasteiger partial charge in [-0.1, -0.05) is 30.3 Å². The zero-order valence-electron chi connectivity index (χ0n) is 11.4. The van der Waals surface area contributed by atoms with Crippen LogP contribution in [0.4, 0.5) is 16.2 Å². The summed E-state index contributed by atoms with van der Waals surface area (Å²) in [7, 11) is 0. The molecule has 5 heteroatoms. The SMILES string of the molecule is NC(=O)N(c1ccccc1)c1ccc(CCC(=O)O)cc1. The van der Waals surface area contributed by atoms with Crippen molar-refractivity contribution in [3.8, 4) is 0 Å². The second-order valence-corrected chi connectivity index (χ2v) is 4.57. The minimum atomic E-state index is -0.831. The molecule has 0 heterocycles. The van der Waals surface area contributed by atoms with E-state index in [2.05, 4.69) is 0 Å². The Morgan fingerprint density at radius 1 is 0.952 bits per heavy atom. The van der Waals surface area contributed by atoms with Crippen molar-refractivity contribution in [3.05, 3.63) is 60.2 Å². The van der Waals surface area contributed by atoms with E-state index in [1.807, 2.05) is 18.2 Å². The van der Waals surface area contributed by atoms with Crippen molar-refractivity contribution in [1.82, 2.24) is 0 Å². The molecule has 2 aromatic rings. The molecule has 0 fully saturated rings. The molecule has 108 valence electrons. The zero-order chi connectivity index (χ0) is 15.2. The molecule has 2 rings (SSSR count). The number of carboxylic acids is 1. The maximum Gasteiger partial charge on any atom is 0.323 e. The van der Waals surface area contributed by atoms with Gasteiger partial charge in [-0.2, -0.15) is 0 Å². The Hall–Kier alpha value is -2.82. The van der Waals surface area contributed by atoms with Crippen LogP contribution in [0, 0.1) is 0 Å². The molecule has 0 saturated carbocycles. The molecular formula is C16H16N2O3. The van der Waals surface area contributed by atoms with Crippen molar-refractivity contribution in [2.24, 2.45) is 5.73 Å². The normalized spacial score (nSPS) is 10.1. The van der Waals surface area contributed by atoms with Crippen LogP contribution in [0.2, 0.25) is 0 Å². The van der Waals surface area contributed by atoms with Crippen LogP contribution in [0.1, 0.15) is 12.0 Å². The van der Waals surface area contributed by atoms with Crippen molar-refractivity contribution in [3.63, 3.8) is 0 Å². The topological polar surface area (TPSA) is 83.6 Å². The van der Waals surface area contributed by atoms with Crippen molar-refractivity contribution in [1.29, 1.82) is 0 Å². The number of urea groups is 1. The number of amides is 2. The summed E-state index contributed by atoms with van der Waals surface area (Å²) in [4.78, 5) is 23.6. The molecule has 2 aromatic carbocycles. The molecular weight excluding hydrogens is 268 g/mol. The largest absolute Gasteiger partial charge is 0.481 e. The van der Waals surface area contributed by atoms with E-state index in [1.54, 1.807) is 36.4 Å². The molecule has 0 aliphatic rings. The van der Waals surface area contributed by atoms with Crippen LogP contribution >= 0.6 is 0 Å². The number of aryl methyl sites for hydroxylation is 1. The summed E-state index contributed by atoms with van der Waals surface area (Å²) in [6, 6.07) is 15.7. The summed E-state index contributed by atoms with van der Waals surface area (Å²) < 4.78 is 0. The first-order valence-corrected chi connectivity index (χ1v) is 6.53. The number of para-hydroxylation sites is 1. The van der Waals surface area contributed by atoms with Gasteiger partial charge in [-0.05, 0) is 36.2 Å². The average Bonchev–Trinajstić information content (AvgIpc) is 2.47. The van der Waals surface area contributed by atoms with Crippen molar-refractivity contribution < 1.29 is 14.7 Å². The van der Waals surface area contributed by atoms with Gasteiger partial charge in [0.1, 0.15) is 0 Å². The molecule has 0 spiro atoms. The highest BCUT2D eigenvalue weighted by Crippen LogP contribution is 2.25. The molecule has 5 nitrogen and oxygen atoms in total. The van der Waals surface area contributed by atoms with Gasteiger partial charge in [0.2, 0.25) is 0 Å². The lowest BCUT2D eigenvalue weighted by molar-refractivity contribution is -0.136. The fraction of sp³-hybridized carbons (Fsp3) is 0.125. The second-order valence-electron chi connectivity index (χ2n) is 4.57. The minimum absolute atomic E-state index is 0.0809. The average molecular weight is 284 g/mol. The number of carbonyl (C=O) groups excluding carboxylic acids is 1. The summed E-state index contributed by atoms with van der Waals surface area (Å²) in [5.41, 5.74) is 7.68. The fourth-order valence-corrected chi connectivity index (χ4v) is 2.04. The van der Waals surface area contributed by atoms with E-state index >= 15 is 0 Å². The fourth-order valence-electron chi connectivity index (χ4n) is 2.04. The minimum Gasteiger partial charge on any atom is -0.481 e. The van der Waals surface area contributed by atoms with Crippen LogP contribution in [-0.4, -0.2) is 17.1 Å². The highest BCUT2D eigenvalue weighted by atomic mass is 16.4. The van der Waals surface area contributed by atoms with E-state index in [9.17, 15) is 9.59 Å². The summed E-state index contributed by atoms with van der Waals surface area (Å²) >= 11 is 0. The quantitative estimate of drug-likeness (QED) is 0.885. The molecule has 0 aromatic heterocycles. The van der Waals surface area contributed by atoms with Crippen LogP contribution in [-0.2, 0) is 11.2 Å². The van der Waals surface area contributed by atoms with Gasteiger partial charge < -0.3 is 10.8 Å². The number of hydrogen-bond donors (Lipinski definition) is 2. The molecule has 3 N–H and O–H groups in total. The molecule has 0 unspecified atom stereocenters. The Morgan fingerprint density at radius 3 is 2.05 bits per heavy atom. The number of nitrogens with zero attached hydrogens (tertiary/aromatic N) is 1. The number of anilines is 2. The van der Waals surface area contributed by atoms with Gasteiger partial charge in [-0.3, -0.25) is 9.69 Å². The maximum absolute atomic E-state index is 11.7. The van der Waals surface area contributed by atoms with Crippen LogP contribution in [0.3, 0.4) is 0 Å². The van der Waals surface area contributed by atoms with Crippen LogP contribution in [0.25, 0.3) is 0 Å². The van der Waals surface area contributed by atoms with Crippen LogP contribution in [0.5, 0.6) is 0 Å². The van der Waals surface area contributed by atoms with Gasteiger partial charge >= 0.3 is 12.0 Å². The van der Waals surface area contributed by atoms with Gasteiger partial charge in [0.05, 0.1) is 11.4 Å². The van der Waals surface area contributed by atoms with Gasteiger partial charge in [0.25, 0.3) is 0 Å². The monoisotopic (exact) mass is 284 g/mol. The Kier molecular flexibility index (Phi) is 4.56. The molecule has 0 atom stereocenters. The van der Waals surface area contributed by atoms with E-state index in [0.717, 1.165) is 5.56 Å². The first-order chi connectivity index (χ1) is 10.1. The van der Waals surface area contributed by atoms with Gasteiger partial charge in [0, 0.05) is 6.42 Å². The Bertz CT molecular complexity index is 624. The molecule has 21 heavy (non-hydrogen) atoms. The summed E-state index contributed by atoms with van der Waals surface area (Å²) in [5.74, 6) is -0.831. The van der Waals surface area contributed by atoms with Crippen LogP contribution in [0.15, 0.2) is 54.6 Å². The molecule has 0 aliphatic heterocycles. The Labute approximate surface area is 122 Å². The summed E-state index contributed by atoms with van der Waals surface area (Å²) in [6.45, 7) is 0. The zero-order valence-corrected chi connectivity index (χ0v) is 11.4. The second kappa shape index (κ2) is 6.56. The van der Waals surface area contributed by atoms with Gasteiger partial charge in [-0.15, -0.1) is 0 Å². The first-order valence-electron chi connectivity index (χ1n) is 6.53. The van der Waals surface area contributed by atoms with Crippen molar-refractivity contribution in [2.75, 3.05) is 4.90 Å². The number of benzene rings is 2. The molecule has 0 radical (unpaired) electrons. The van der Waals surface area contributed by atoms with Crippen LogP contribution < -0.4 is 10.6 Å². The highest BCUT2D eigenvalue weighted by molar-refractivity contribution is 5.98. The number of carboxylic acid groups (broad SMARTS) is 1. The van der Waals surface area contributed by atoms with Gasteiger partial charge in [-0.25, -0.2) is 4.79 Å². The lowest BCUT2D eigenvalue weighted by atomic mass is 10.1. The van der Waals surface area contributed by atoms with Gasteiger partial charge in [0.15, 0.2) is 0 Å². The van der Waals surface area contributed by atoms with Crippen molar-refractivity contribution >= 4 is 23.4 Å². The smallest absolute Gasteiger partial charge is 0.323 e. The van der Waals surface area contributed by atoms with E-state index < -0.39 is 12.0 Å². The third-order valence-corrected chi connectivity index (χ3v) is 3.06. The third kappa shape index (κ3) is 3.82. The predicted molar refractivity (Wildman–Crippen MR) is 80.6 cm³/mol. The summed E-state index contributed by atoms with van der Waals surface area (Å²) in [5, 5.41) is 8.67. The predicted octanol–water partition coefficient (Wildman–Crippen LogP) is 2.92. The van der Waals surface area contributed by atoms with E-state index in [4.69, 9.17) is 10.8 Å². The third-order valence-electron chi connectivity index (χ3n) is 3.06. The van der Waals surface area contributed by atoms with E-state index in [1.165, 1.54) is 4.90 Å². The lowest BCUT2D eigenvalue weighted by Gasteiger charge is -2.20. The number of hydrogen-bond acceptors (Lipinski definition) is 2. The standard InChI is InChI=1S/C16H16N2O3/c17-16(21)18(13-4-2-1-3-5-13)14-9-6-12(7-10-14)8-11-15(19)20/h1-7,9-10H,8,11H2,(H2,17,21)(H,19,20). The Balaban J connectivity index is 2.22. The molecule has 2 amide bonds. The molecule has 0 saturated heterocycles. The maximum atomic E-state index is 11.7. The number of nitrogens with two attached hydrogens (primary N) is 1.